The second-order valence-electron chi connectivity index (χ2n) is 7.20. The van der Waals surface area contributed by atoms with Gasteiger partial charge >= 0.3 is 0 Å². The number of rotatable bonds is 7. The van der Waals surface area contributed by atoms with Gasteiger partial charge in [0.15, 0.2) is 0 Å². The van der Waals surface area contributed by atoms with Gasteiger partial charge in [0.25, 0.3) is 0 Å². The lowest BCUT2D eigenvalue weighted by Gasteiger charge is -2.28. The Kier molecular flexibility index (Phi) is 7.02. The Bertz CT molecular complexity index is 662. The molecule has 2 rings (SSSR count). The van der Waals surface area contributed by atoms with E-state index in [1.165, 1.54) is 0 Å². The average molecular weight is 367 g/mol. The Hall–Kier alpha value is -1.40. The fourth-order valence-electron chi connectivity index (χ4n) is 3.12. The molecule has 0 aliphatic heterocycles. The maximum Gasteiger partial charge on any atom is 0.240 e. The number of hydrogen-bond acceptors (Lipinski definition) is 3. The summed E-state index contributed by atoms with van der Waals surface area (Å²) in [5.41, 5.74) is 1.04. The van der Waals surface area contributed by atoms with E-state index >= 15 is 0 Å². The predicted molar refractivity (Wildman–Crippen MR) is 99.7 cm³/mol. The van der Waals surface area contributed by atoms with Crippen molar-refractivity contribution in [2.75, 3.05) is 6.54 Å². The molecule has 1 saturated carbocycles. The highest BCUT2D eigenvalue weighted by Crippen LogP contribution is 2.29. The summed E-state index contributed by atoms with van der Waals surface area (Å²) < 4.78 is 27.4. The van der Waals surface area contributed by atoms with E-state index in [0.717, 1.165) is 37.7 Å². The van der Waals surface area contributed by atoms with Crippen LogP contribution in [-0.2, 0) is 14.8 Å². The SMILES string of the molecule is CCC(C)NC(=O)C1CCC(CNS(=O)(=O)c2ccc(C)cc2)CC1. The first-order valence-corrected chi connectivity index (χ1v) is 10.7. The second-order valence-corrected chi connectivity index (χ2v) is 8.97. The summed E-state index contributed by atoms with van der Waals surface area (Å²) in [6.07, 6.45) is 4.37. The average Bonchev–Trinajstić information content (AvgIpc) is 2.60. The van der Waals surface area contributed by atoms with Crippen molar-refractivity contribution in [2.24, 2.45) is 11.8 Å². The smallest absolute Gasteiger partial charge is 0.240 e. The van der Waals surface area contributed by atoms with E-state index < -0.39 is 10.0 Å². The predicted octanol–water partition coefficient (Wildman–Crippen LogP) is 2.99. The van der Waals surface area contributed by atoms with Crippen molar-refractivity contribution in [1.29, 1.82) is 0 Å². The first kappa shape index (κ1) is 19.9. The number of carbonyl (C=O) groups is 1. The third kappa shape index (κ3) is 5.82. The van der Waals surface area contributed by atoms with Gasteiger partial charge in [-0.25, -0.2) is 13.1 Å². The quantitative estimate of drug-likeness (QED) is 0.779. The molecule has 1 aliphatic carbocycles. The van der Waals surface area contributed by atoms with Crippen LogP contribution < -0.4 is 10.0 Å². The number of hydrogen-bond donors (Lipinski definition) is 2. The molecule has 6 heteroatoms. The summed E-state index contributed by atoms with van der Waals surface area (Å²) in [7, 11) is -3.45. The molecule has 0 heterocycles. The summed E-state index contributed by atoms with van der Waals surface area (Å²) in [6, 6.07) is 7.08. The number of benzene rings is 1. The number of sulfonamides is 1. The number of nitrogens with one attached hydrogen (secondary N) is 2. The van der Waals surface area contributed by atoms with Crippen LogP contribution in [0.25, 0.3) is 0 Å². The second kappa shape index (κ2) is 8.81. The fraction of sp³-hybridized carbons (Fsp3) is 0.632. The number of aryl methyl sites for hydroxylation is 1. The van der Waals surface area contributed by atoms with Crippen molar-refractivity contribution >= 4 is 15.9 Å². The van der Waals surface area contributed by atoms with Gasteiger partial charge in [0, 0.05) is 18.5 Å². The first-order valence-electron chi connectivity index (χ1n) is 9.18. The van der Waals surface area contributed by atoms with Crippen LogP contribution in [0.15, 0.2) is 29.2 Å². The Balaban J connectivity index is 1.80. The molecule has 1 aliphatic rings. The minimum absolute atomic E-state index is 0.0685. The maximum absolute atomic E-state index is 12.3. The summed E-state index contributed by atoms with van der Waals surface area (Å²) in [6.45, 7) is 6.45. The van der Waals surface area contributed by atoms with Crippen LogP contribution in [0.4, 0.5) is 0 Å². The molecule has 1 aromatic carbocycles. The monoisotopic (exact) mass is 366 g/mol. The Labute approximate surface area is 151 Å². The highest BCUT2D eigenvalue weighted by molar-refractivity contribution is 7.89. The molecule has 25 heavy (non-hydrogen) atoms. The molecular formula is C19H30N2O3S. The third-order valence-electron chi connectivity index (χ3n) is 5.11. The van der Waals surface area contributed by atoms with Crippen LogP contribution >= 0.6 is 0 Å². The third-order valence-corrected chi connectivity index (χ3v) is 6.55. The van der Waals surface area contributed by atoms with Crippen LogP contribution in [0.2, 0.25) is 0 Å². The summed E-state index contributed by atoms with van der Waals surface area (Å²) in [5, 5.41) is 3.05. The van der Waals surface area contributed by atoms with E-state index in [1.54, 1.807) is 24.3 Å². The van der Waals surface area contributed by atoms with E-state index in [0.29, 0.717) is 17.4 Å². The lowest BCUT2D eigenvalue weighted by atomic mass is 9.81. The first-order chi connectivity index (χ1) is 11.8. The number of amides is 1. The van der Waals surface area contributed by atoms with Gasteiger partial charge in [0.1, 0.15) is 0 Å². The topological polar surface area (TPSA) is 75.3 Å². The molecule has 0 bridgehead atoms. The maximum atomic E-state index is 12.3. The lowest BCUT2D eigenvalue weighted by Crippen LogP contribution is -2.39. The molecule has 5 nitrogen and oxygen atoms in total. The van der Waals surface area contributed by atoms with Crippen molar-refractivity contribution in [2.45, 2.75) is 63.8 Å². The molecule has 140 valence electrons. The Morgan fingerprint density at radius 2 is 1.76 bits per heavy atom. The zero-order chi connectivity index (χ0) is 18.4. The molecule has 2 N–H and O–H groups in total. The van der Waals surface area contributed by atoms with E-state index in [-0.39, 0.29) is 17.9 Å². The van der Waals surface area contributed by atoms with Crippen molar-refractivity contribution in [1.82, 2.24) is 10.0 Å². The molecule has 0 aromatic heterocycles. The van der Waals surface area contributed by atoms with E-state index in [1.807, 2.05) is 13.8 Å². The van der Waals surface area contributed by atoms with Crippen LogP contribution in [0, 0.1) is 18.8 Å². The van der Waals surface area contributed by atoms with Crippen LogP contribution in [0.3, 0.4) is 0 Å². The molecule has 0 saturated heterocycles. The summed E-state index contributed by atoms with van der Waals surface area (Å²) in [5.74, 6) is 0.514. The minimum atomic E-state index is -3.45. The summed E-state index contributed by atoms with van der Waals surface area (Å²) >= 11 is 0. The highest BCUT2D eigenvalue weighted by Gasteiger charge is 2.27. The molecule has 1 amide bonds. The van der Waals surface area contributed by atoms with Gasteiger partial charge in [-0.05, 0) is 64.0 Å². The molecule has 0 radical (unpaired) electrons. The summed E-state index contributed by atoms with van der Waals surface area (Å²) in [4.78, 5) is 12.5. The van der Waals surface area contributed by atoms with Gasteiger partial charge in [-0.1, -0.05) is 24.6 Å². The molecule has 1 aromatic rings. The van der Waals surface area contributed by atoms with Crippen molar-refractivity contribution in [3.8, 4) is 0 Å². The van der Waals surface area contributed by atoms with Gasteiger partial charge in [-0.3, -0.25) is 4.79 Å². The van der Waals surface area contributed by atoms with Gasteiger partial charge < -0.3 is 5.32 Å². The van der Waals surface area contributed by atoms with Crippen LogP contribution in [0.5, 0.6) is 0 Å². The van der Waals surface area contributed by atoms with Gasteiger partial charge in [-0.15, -0.1) is 0 Å². The zero-order valence-electron chi connectivity index (χ0n) is 15.4. The molecule has 1 unspecified atom stereocenters. The lowest BCUT2D eigenvalue weighted by molar-refractivity contribution is -0.126. The van der Waals surface area contributed by atoms with Gasteiger partial charge in [0.2, 0.25) is 15.9 Å². The Morgan fingerprint density at radius 1 is 1.16 bits per heavy atom. The van der Waals surface area contributed by atoms with E-state index in [9.17, 15) is 13.2 Å². The van der Waals surface area contributed by atoms with E-state index in [4.69, 9.17) is 0 Å². The number of carbonyl (C=O) groups excluding carboxylic acids is 1. The highest BCUT2D eigenvalue weighted by atomic mass is 32.2. The van der Waals surface area contributed by atoms with Crippen LogP contribution in [-0.4, -0.2) is 26.9 Å². The normalized spacial score (nSPS) is 22.4. The standard InChI is InChI=1S/C19H30N2O3S/c1-4-15(3)21-19(22)17-9-7-16(8-10-17)13-20-25(23,24)18-11-5-14(2)6-12-18/h5-6,11-12,15-17,20H,4,7-10,13H2,1-3H3,(H,21,22). The molecular weight excluding hydrogens is 336 g/mol. The van der Waals surface area contributed by atoms with Crippen molar-refractivity contribution < 1.29 is 13.2 Å². The van der Waals surface area contributed by atoms with Gasteiger partial charge in [-0.2, -0.15) is 0 Å². The van der Waals surface area contributed by atoms with Crippen molar-refractivity contribution in [3.63, 3.8) is 0 Å². The molecule has 0 spiro atoms. The zero-order valence-corrected chi connectivity index (χ0v) is 16.2. The van der Waals surface area contributed by atoms with Gasteiger partial charge in [0.05, 0.1) is 4.90 Å². The Morgan fingerprint density at radius 3 is 2.32 bits per heavy atom. The fourth-order valence-corrected chi connectivity index (χ4v) is 4.24. The van der Waals surface area contributed by atoms with Crippen LogP contribution in [0.1, 0.15) is 51.5 Å². The molecule has 1 atom stereocenters. The molecule has 1 fully saturated rings. The largest absolute Gasteiger partial charge is 0.353 e. The van der Waals surface area contributed by atoms with E-state index in [2.05, 4.69) is 17.0 Å². The minimum Gasteiger partial charge on any atom is -0.353 e. The van der Waals surface area contributed by atoms with Crippen molar-refractivity contribution in [3.05, 3.63) is 29.8 Å².